The van der Waals surface area contributed by atoms with Gasteiger partial charge in [0.05, 0.1) is 0 Å². The summed E-state index contributed by atoms with van der Waals surface area (Å²) < 4.78 is 3.94. The number of hydrogen-bond donors (Lipinski definition) is 1. The quantitative estimate of drug-likeness (QED) is 0.797. The Bertz CT molecular complexity index is 415. The van der Waals surface area contributed by atoms with Crippen molar-refractivity contribution in [2.24, 2.45) is 0 Å². The van der Waals surface area contributed by atoms with Gasteiger partial charge in [-0.05, 0) is 18.6 Å². The molecule has 0 spiro atoms. The Labute approximate surface area is 105 Å². The fourth-order valence-corrected chi connectivity index (χ4v) is 2.03. The zero-order valence-corrected chi connectivity index (χ0v) is 10.7. The maximum Gasteiger partial charge on any atom is 0.202 e. The molecule has 0 saturated heterocycles. The van der Waals surface area contributed by atoms with Crippen molar-refractivity contribution in [3.05, 3.63) is 36.7 Å². The lowest BCUT2D eigenvalue weighted by atomic mass is 10.3. The van der Waals surface area contributed by atoms with E-state index in [1.807, 2.05) is 6.07 Å². The maximum absolute atomic E-state index is 4.07. The Kier molecular flexibility index (Phi) is 4.32. The van der Waals surface area contributed by atoms with Crippen LogP contribution in [0.3, 0.4) is 0 Å². The number of anilines is 2. The normalized spacial score (nSPS) is 10.2. The van der Waals surface area contributed by atoms with Crippen molar-refractivity contribution in [2.75, 3.05) is 30.4 Å². The lowest BCUT2D eigenvalue weighted by molar-refractivity contribution is 0.816. The van der Waals surface area contributed by atoms with Gasteiger partial charge in [0.15, 0.2) is 0 Å². The average molecular weight is 248 g/mol. The molecule has 5 heteroatoms. The van der Waals surface area contributed by atoms with Crippen LogP contribution in [0, 0.1) is 0 Å². The Hall–Kier alpha value is -1.62. The molecule has 0 aliphatic carbocycles. The number of rotatable bonds is 6. The van der Waals surface area contributed by atoms with Crippen LogP contribution in [-0.4, -0.2) is 29.5 Å². The van der Waals surface area contributed by atoms with Crippen LogP contribution in [0.25, 0.3) is 0 Å². The summed E-state index contributed by atoms with van der Waals surface area (Å²) in [5.41, 5.74) is 1.25. The fourth-order valence-electron chi connectivity index (χ4n) is 1.57. The summed E-state index contributed by atoms with van der Waals surface area (Å²) in [4.78, 5) is 6.33. The molecular weight excluding hydrogens is 232 g/mol. The SMILES string of the molecule is CN(CCCNc1ncns1)c1ccccc1. The molecule has 0 amide bonds. The second-order valence-corrected chi connectivity index (χ2v) is 4.56. The molecule has 90 valence electrons. The molecule has 4 nitrogen and oxygen atoms in total. The molecule has 0 saturated carbocycles. The number of nitrogens with one attached hydrogen (secondary N) is 1. The Morgan fingerprint density at radius 2 is 2.12 bits per heavy atom. The zero-order chi connectivity index (χ0) is 11.9. The summed E-state index contributed by atoms with van der Waals surface area (Å²) in [6, 6.07) is 10.4. The van der Waals surface area contributed by atoms with Crippen LogP contribution < -0.4 is 10.2 Å². The van der Waals surface area contributed by atoms with Crippen LogP contribution in [0.1, 0.15) is 6.42 Å². The van der Waals surface area contributed by atoms with E-state index in [9.17, 15) is 0 Å². The first-order valence-corrected chi connectivity index (χ1v) is 6.40. The number of aromatic nitrogens is 2. The van der Waals surface area contributed by atoms with Gasteiger partial charge in [-0.1, -0.05) is 18.2 Å². The monoisotopic (exact) mass is 248 g/mol. The predicted molar refractivity (Wildman–Crippen MR) is 72.7 cm³/mol. The maximum atomic E-state index is 4.07. The first kappa shape index (κ1) is 11.9. The molecular formula is C12H16N4S. The zero-order valence-electron chi connectivity index (χ0n) is 9.84. The molecule has 0 unspecified atom stereocenters. The number of para-hydroxylation sites is 1. The highest BCUT2D eigenvalue weighted by Gasteiger charge is 1.99. The molecule has 1 heterocycles. The molecule has 0 radical (unpaired) electrons. The van der Waals surface area contributed by atoms with Gasteiger partial charge in [0.1, 0.15) is 6.33 Å². The average Bonchev–Trinajstić information content (AvgIpc) is 2.88. The number of nitrogens with zero attached hydrogens (tertiary/aromatic N) is 3. The minimum Gasteiger partial charge on any atom is -0.375 e. The van der Waals surface area contributed by atoms with Crippen LogP contribution in [0.5, 0.6) is 0 Å². The van der Waals surface area contributed by atoms with Crippen LogP contribution in [-0.2, 0) is 0 Å². The van der Waals surface area contributed by atoms with E-state index in [-0.39, 0.29) is 0 Å². The topological polar surface area (TPSA) is 41.0 Å². The predicted octanol–water partition coefficient (Wildman–Crippen LogP) is 2.48. The summed E-state index contributed by atoms with van der Waals surface area (Å²) in [7, 11) is 2.11. The van der Waals surface area contributed by atoms with Gasteiger partial charge in [-0.3, -0.25) is 0 Å². The molecule has 2 aromatic rings. The molecule has 0 aliphatic rings. The van der Waals surface area contributed by atoms with Crippen molar-refractivity contribution in [1.29, 1.82) is 0 Å². The van der Waals surface area contributed by atoms with E-state index < -0.39 is 0 Å². The van der Waals surface area contributed by atoms with Gasteiger partial charge in [-0.25, -0.2) is 4.98 Å². The molecule has 0 fully saturated rings. The summed E-state index contributed by atoms with van der Waals surface area (Å²) in [6.45, 7) is 1.95. The molecule has 1 aromatic heterocycles. The van der Waals surface area contributed by atoms with Gasteiger partial charge in [0, 0.05) is 37.4 Å². The van der Waals surface area contributed by atoms with Gasteiger partial charge in [-0.2, -0.15) is 4.37 Å². The smallest absolute Gasteiger partial charge is 0.202 e. The van der Waals surface area contributed by atoms with Gasteiger partial charge >= 0.3 is 0 Å². The highest BCUT2D eigenvalue weighted by Crippen LogP contribution is 2.11. The first-order chi connectivity index (χ1) is 8.36. The third-order valence-corrected chi connectivity index (χ3v) is 3.13. The van der Waals surface area contributed by atoms with Gasteiger partial charge in [0.2, 0.25) is 5.13 Å². The largest absolute Gasteiger partial charge is 0.375 e. The third kappa shape index (κ3) is 3.71. The fraction of sp³-hybridized carbons (Fsp3) is 0.333. The molecule has 1 aromatic carbocycles. The molecule has 0 bridgehead atoms. The summed E-state index contributed by atoms with van der Waals surface area (Å²) >= 11 is 1.39. The molecule has 0 aliphatic heterocycles. The van der Waals surface area contributed by atoms with Crippen molar-refractivity contribution >= 4 is 22.4 Å². The van der Waals surface area contributed by atoms with E-state index in [0.29, 0.717) is 0 Å². The van der Waals surface area contributed by atoms with E-state index in [0.717, 1.165) is 24.6 Å². The van der Waals surface area contributed by atoms with Crippen molar-refractivity contribution in [3.8, 4) is 0 Å². The summed E-state index contributed by atoms with van der Waals surface area (Å²) in [5, 5.41) is 4.15. The third-order valence-electron chi connectivity index (χ3n) is 2.50. The van der Waals surface area contributed by atoms with Crippen molar-refractivity contribution < 1.29 is 0 Å². The van der Waals surface area contributed by atoms with Crippen molar-refractivity contribution in [1.82, 2.24) is 9.36 Å². The number of hydrogen-bond acceptors (Lipinski definition) is 5. The summed E-state index contributed by atoms with van der Waals surface area (Å²) in [6.07, 6.45) is 2.65. The second kappa shape index (κ2) is 6.20. The van der Waals surface area contributed by atoms with E-state index in [1.54, 1.807) is 6.33 Å². The van der Waals surface area contributed by atoms with Crippen molar-refractivity contribution in [3.63, 3.8) is 0 Å². The summed E-state index contributed by atoms with van der Waals surface area (Å²) in [5.74, 6) is 0. The van der Waals surface area contributed by atoms with E-state index in [4.69, 9.17) is 0 Å². The van der Waals surface area contributed by atoms with Gasteiger partial charge in [0.25, 0.3) is 0 Å². The Morgan fingerprint density at radius 3 is 2.82 bits per heavy atom. The standard InChI is InChI=1S/C12H16N4S/c1-16(11-6-3-2-4-7-11)9-5-8-13-12-14-10-15-17-12/h2-4,6-7,10H,5,8-9H2,1H3,(H,13,14,15). The van der Waals surface area contributed by atoms with Crippen molar-refractivity contribution in [2.45, 2.75) is 6.42 Å². The van der Waals surface area contributed by atoms with E-state index in [2.05, 4.69) is 50.9 Å². The lowest BCUT2D eigenvalue weighted by Crippen LogP contribution is -2.20. The highest BCUT2D eigenvalue weighted by atomic mass is 32.1. The molecule has 17 heavy (non-hydrogen) atoms. The molecule has 1 N–H and O–H groups in total. The Balaban J connectivity index is 1.68. The van der Waals surface area contributed by atoms with Crippen LogP contribution in [0.2, 0.25) is 0 Å². The Morgan fingerprint density at radius 1 is 1.29 bits per heavy atom. The van der Waals surface area contributed by atoms with Crippen LogP contribution in [0.15, 0.2) is 36.7 Å². The van der Waals surface area contributed by atoms with E-state index in [1.165, 1.54) is 17.2 Å². The minimum absolute atomic E-state index is 0.896. The highest BCUT2D eigenvalue weighted by molar-refractivity contribution is 7.09. The molecule has 0 atom stereocenters. The van der Waals surface area contributed by atoms with Crippen LogP contribution >= 0.6 is 11.5 Å². The second-order valence-electron chi connectivity index (χ2n) is 3.78. The van der Waals surface area contributed by atoms with Gasteiger partial charge in [-0.15, -0.1) is 0 Å². The number of benzene rings is 1. The minimum atomic E-state index is 0.896. The van der Waals surface area contributed by atoms with E-state index >= 15 is 0 Å². The first-order valence-electron chi connectivity index (χ1n) is 5.63. The van der Waals surface area contributed by atoms with Crippen LogP contribution in [0.4, 0.5) is 10.8 Å². The van der Waals surface area contributed by atoms with Gasteiger partial charge < -0.3 is 10.2 Å². The lowest BCUT2D eigenvalue weighted by Gasteiger charge is -2.18. The molecule has 2 rings (SSSR count).